The second kappa shape index (κ2) is 15.1. The average molecular weight is 691 g/mol. The first-order chi connectivity index (χ1) is 23.5. The lowest BCUT2D eigenvalue weighted by atomic mass is 9.59. The van der Waals surface area contributed by atoms with Gasteiger partial charge in [0, 0.05) is 46.0 Å². The predicted octanol–water partition coefficient (Wildman–Crippen LogP) is 3.95. The standard InChI is InChI=1S/C37H54O12/c1-8-20-10-9-11-28(46-19(4)38)17(2)32(41)25-14-23-22-12-21(48-37-36(44-7)35(43-6)33(42-5)18(3)45-37)13-26(22)34-27(16-30(40)49-34)31(23)24(25)15-29(39)47-20/h14,17-18,20-24,26-28,31,33-37H,8-13,15-16H2,1-7H3/t17-,18?,20+,21+,22+,23+,24-,26-,27?,28+,31-,33+,34?,35?,36+,37+/m1/s1. The molecular weight excluding hydrogens is 636 g/mol. The molecule has 4 unspecified atom stereocenters. The molecule has 2 saturated carbocycles. The normalized spacial score (nSPS) is 45.4. The summed E-state index contributed by atoms with van der Waals surface area (Å²) in [5, 5.41) is 0. The molecule has 274 valence electrons. The van der Waals surface area contributed by atoms with E-state index in [0.717, 1.165) is 0 Å². The summed E-state index contributed by atoms with van der Waals surface area (Å²) in [4.78, 5) is 53.0. The zero-order valence-electron chi connectivity index (χ0n) is 29.9. The maximum Gasteiger partial charge on any atom is 0.306 e. The number of Topliss-reactive ketones (excluding diaryl/α,β-unsaturated/α-hetero) is 1. The van der Waals surface area contributed by atoms with Crippen LogP contribution in [-0.2, 0) is 57.1 Å². The number of hydrogen-bond donors (Lipinski definition) is 0. The van der Waals surface area contributed by atoms with E-state index in [1.165, 1.54) is 6.92 Å². The number of hydrogen-bond acceptors (Lipinski definition) is 12. The highest BCUT2D eigenvalue weighted by molar-refractivity contribution is 5.99. The van der Waals surface area contributed by atoms with Crippen molar-refractivity contribution < 1.29 is 57.1 Å². The van der Waals surface area contributed by atoms with Gasteiger partial charge in [-0.05, 0) is 68.8 Å². The Hall–Kier alpha value is -2.38. The summed E-state index contributed by atoms with van der Waals surface area (Å²) in [6, 6.07) is 0. The van der Waals surface area contributed by atoms with Gasteiger partial charge in [-0.25, -0.2) is 0 Å². The summed E-state index contributed by atoms with van der Waals surface area (Å²) in [6.07, 6.45) is 2.52. The topological polar surface area (TPSA) is 142 Å². The Kier molecular flexibility index (Phi) is 11.2. The molecule has 0 aromatic carbocycles. The van der Waals surface area contributed by atoms with Crippen LogP contribution in [0.2, 0.25) is 0 Å². The van der Waals surface area contributed by atoms with Gasteiger partial charge in [0.15, 0.2) is 12.1 Å². The van der Waals surface area contributed by atoms with Crippen LogP contribution in [-0.4, -0.2) is 100 Å². The van der Waals surface area contributed by atoms with Crippen molar-refractivity contribution in [3.8, 4) is 0 Å². The summed E-state index contributed by atoms with van der Waals surface area (Å²) < 4.78 is 48.0. The number of carbonyl (C=O) groups is 4. The Balaban J connectivity index is 1.31. The highest BCUT2D eigenvalue weighted by Gasteiger charge is 2.63. The number of ketones is 1. The Morgan fingerprint density at radius 1 is 0.878 bits per heavy atom. The number of rotatable bonds is 7. The van der Waals surface area contributed by atoms with E-state index in [1.54, 1.807) is 21.3 Å². The summed E-state index contributed by atoms with van der Waals surface area (Å²) in [7, 11) is 4.84. The zero-order valence-corrected chi connectivity index (χ0v) is 29.9. The second-order valence-corrected chi connectivity index (χ2v) is 15.0. The molecule has 3 saturated heterocycles. The molecule has 6 rings (SSSR count). The minimum atomic E-state index is -0.696. The maximum atomic E-state index is 14.4. The first kappa shape index (κ1) is 36.4. The number of methoxy groups -OCH3 is 3. The predicted molar refractivity (Wildman–Crippen MR) is 173 cm³/mol. The second-order valence-electron chi connectivity index (χ2n) is 15.0. The SMILES string of the molecule is CC[C@H]1CCC[C@H](OC(C)=O)[C@@H](C)C(=O)C2=C[C@H]3[C@@H]4C[C@H](O[C@@H]5OC(C)[C@H](OC)C(OC)[C@@H]5OC)C[C@H]4C4OC(=O)CC4[C@H]3[C@@H]2CC(=O)O1. The van der Waals surface area contributed by atoms with Crippen molar-refractivity contribution in [2.45, 2.75) is 134 Å². The third kappa shape index (κ3) is 6.97. The quantitative estimate of drug-likeness (QED) is 0.282. The van der Waals surface area contributed by atoms with Crippen LogP contribution in [0, 0.1) is 41.4 Å². The number of cyclic esters (lactones) is 1. The van der Waals surface area contributed by atoms with Crippen molar-refractivity contribution in [3.63, 3.8) is 0 Å². The lowest BCUT2D eigenvalue weighted by molar-refractivity contribution is -0.314. The van der Waals surface area contributed by atoms with Crippen LogP contribution < -0.4 is 0 Å². The van der Waals surface area contributed by atoms with E-state index < -0.39 is 42.4 Å². The van der Waals surface area contributed by atoms with Gasteiger partial charge in [-0.1, -0.05) is 19.9 Å². The number of allylic oxidation sites excluding steroid dienone is 2. The largest absolute Gasteiger partial charge is 0.462 e. The van der Waals surface area contributed by atoms with Gasteiger partial charge in [-0.15, -0.1) is 0 Å². The maximum absolute atomic E-state index is 14.4. The van der Waals surface area contributed by atoms with Crippen LogP contribution in [0.4, 0.5) is 0 Å². The van der Waals surface area contributed by atoms with E-state index in [4.69, 9.17) is 37.9 Å². The molecule has 0 amide bonds. The van der Waals surface area contributed by atoms with E-state index in [0.29, 0.717) is 44.1 Å². The fourth-order valence-corrected chi connectivity index (χ4v) is 10.2. The van der Waals surface area contributed by atoms with E-state index in [1.807, 2.05) is 20.8 Å². The van der Waals surface area contributed by atoms with Gasteiger partial charge in [0.05, 0.1) is 31.0 Å². The van der Waals surface area contributed by atoms with Crippen molar-refractivity contribution in [2.75, 3.05) is 21.3 Å². The Morgan fingerprint density at radius 2 is 1.57 bits per heavy atom. The van der Waals surface area contributed by atoms with E-state index in [-0.39, 0.29) is 90.7 Å². The average Bonchev–Trinajstić information content (AvgIpc) is 3.76. The molecule has 0 aromatic heterocycles. The summed E-state index contributed by atoms with van der Waals surface area (Å²) in [5.41, 5.74) is 0.589. The lowest BCUT2D eigenvalue weighted by Gasteiger charge is -2.45. The van der Waals surface area contributed by atoms with Crippen LogP contribution in [0.1, 0.15) is 79.1 Å². The molecule has 3 heterocycles. The van der Waals surface area contributed by atoms with Gasteiger partial charge in [0.1, 0.15) is 36.6 Å². The Morgan fingerprint density at radius 3 is 2.24 bits per heavy atom. The molecule has 5 fully saturated rings. The van der Waals surface area contributed by atoms with Crippen molar-refractivity contribution in [2.24, 2.45) is 41.4 Å². The third-order valence-electron chi connectivity index (χ3n) is 12.4. The van der Waals surface area contributed by atoms with Crippen molar-refractivity contribution in [1.29, 1.82) is 0 Å². The molecule has 0 aromatic rings. The molecule has 0 radical (unpaired) electrons. The number of esters is 3. The molecule has 6 aliphatic rings. The van der Waals surface area contributed by atoms with Crippen LogP contribution in [0.5, 0.6) is 0 Å². The van der Waals surface area contributed by atoms with Crippen LogP contribution in [0.3, 0.4) is 0 Å². The third-order valence-corrected chi connectivity index (χ3v) is 12.4. The van der Waals surface area contributed by atoms with Gasteiger partial charge in [0.25, 0.3) is 0 Å². The molecule has 3 aliphatic carbocycles. The fourth-order valence-electron chi connectivity index (χ4n) is 10.2. The van der Waals surface area contributed by atoms with Gasteiger partial charge in [0.2, 0.25) is 0 Å². The van der Waals surface area contributed by atoms with Crippen LogP contribution >= 0.6 is 0 Å². The first-order valence-corrected chi connectivity index (χ1v) is 18.2. The van der Waals surface area contributed by atoms with Gasteiger partial charge in [-0.2, -0.15) is 0 Å². The van der Waals surface area contributed by atoms with Gasteiger partial charge in [-0.3, -0.25) is 19.2 Å². The zero-order chi connectivity index (χ0) is 35.1. The molecular formula is C37H54O12. The fraction of sp³-hybridized carbons (Fsp3) is 0.838. The van der Waals surface area contributed by atoms with E-state index in [9.17, 15) is 19.2 Å². The first-order valence-electron chi connectivity index (χ1n) is 18.2. The molecule has 49 heavy (non-hydrogen) atoms. The Labute approximate surface area is 289 Å². The van der Waals surface area contributed by atoms with Crippen molar-refractivity contribution in [1.82, 2.24) is 0 Å². The number of ether oxygens (including phenoxy) is 8. The van der Waals surface area contributed by atoms with Crippen LogP contribution in [0.25, 0.3) is 0 Å². The molecule has 0 spiro atoms. The Bertz CT molecular complexity index is 1280. The smallest absolute Gasteiger partial charge is 0.306 e. The summed E-state index contributed by atoms with van der Waals surface area (Å²) >= 11 is 0. The monoisotopic (exact) mass is 690 g/mol. The summed E-state index contributed by atoms with van der Waals surface area (Å²) in [6.45, 7) is 7.10. The van der Waals surface area contributed by atoms with Crippen LogP contribution in [0.15, 0.2) is 11.6 Å². The summed E-state index contributed by atoms with van der Waals surface area (Å²) in [5.74, 6) is -2.41. The highest BCUT2D eigenvalue weighted by atomic mass is 16.7. The highest BCUT2D eigenvalue weighted by Crippen LogP contribution is 2.61. The minimum Gasteiger partial charge on any atom is -0.462 e. The molecule has 3 aliphatic heterocycles. The minimum absolute atomic E-state index is 0.0192. The van der Waals surface area contributed by atoms with E-state index >= 15 is 0 Å². The molecule has 12 nitrogen and oxygen atoms in total. The van der Waals surface area contributed by atoms with Crippen molar-refractivity contribution >= 4 is 23.7 Å². The van der Waals surface area contributed by atoms with E-state index in [2.05, 4.69) is 6.08 Å². The van der Waals surface area contributed by atoms with Gasteiger partial charge < -0.3 is 37.9 Å². The van der Waals surface area contributed by atoms with Crippen molar-refractivity contribution in [3.05, 3.63) is 11.6 Å². The lowest BCUT2D eigenvalue weighted by Crippen LogP contribution is -2.59. The molecule has 0 bridgehead atoms. The van der Waals surface area contributed by atoms with Gasteiger partial charge >= 0.3 is 17.9 Å². The molecule has 0 N–H and O–H groups in total. The molecule has 16 atom stereocenters. The number of fused-ring (bicyclic) bond motifs is 8. The molecule has 12 heteroatoms. The number of carbonyl (C=O) groups excluding carboxylic acids is 4.